The van der Waals surface area contributed by atoms with E-state index in [0.29, 0.717) is 6.54 Å². The van der Waals surface area contributed by atoms with Gasteiger partial charge in [-0.25, -0.2) is 4.79 Å². The Morgan fingerprint density at radius 1 is 1.21 bits per heavy atom. The standard InChI is InChI=1S/C15H14N2O2/c18-15(19)9-8-14-11-16-17(12-14)10-4-7-13-5-2-1-3-6-13/h1-9,11-12H,10H2,(H,18,19). The Balaban J connectivity index is 1.94. The molecular weight excluding hydrogens is 240 g/mol. The van der Waals surface area contributed by atoms with Crippen LogP contribution in [0.25, 0.3) is 12.2 Å². The molecule has 0 fully saturated rings. The molecule has 2 aromatic rings. The van der Waals surface area contributed by atoms with E-state index in [4.69, 9.17) is 5.11 Å². The van der Waals surface area contributed by atoms with Crippen LogP contribution in [-0.2, 0) is 11.3 Å². The molecule has 0 saturated heterocycles. The highest BCUT2D eigenvalue weighted by atomic mass is 16.4. The van der Waals surface area contributed by atoms with Crippen LogP contribution in [0.3, 0.4) is 0 Å². The van der Waals surface area contributed by atoms with Crippen molar-refractivity contribution in [3.05, 3.63) is 66.0 Å². The fraction of sp³-hybridized carbons (Fsp3) is 0.0667. The normalized spacial score (nSPS) is 11.4. The summed E-state index contributed by atoms with van der Waals surface area (Å²) in [7, 11) is 0. The molecule has 0 unspecified atom stereocenters. The van der Waals surface area contributed by atoms with E-state index in [1.54, 1.807) is 17.1 Å². The van der Waals surface area contributed by atoms with Crippen LogP contribution in [0.5, 0.6) is 0 Å². The summed E-state index contributed by atoms with van der Waals surface area (Å²) in [5.74, 6) is -0.961. The maximum atomic E-state index is 10.4. The molecule has 1 heterocycles. The van der Waals surface area contributed by atoms with Gasteiger partial charge in [-0.3, -0.25) is 4.68 Å². The average Bonchev–Trinajstić information content (AvgIpc) is 2.86. The van der Waals surface area contributed by atoms with Crippen molar-refractivity contribution in [1.82, 2.24) is 9.78 Å². The lowest BCUT2D eigenvalue weighted by molar-refractivity contribution is -0.131. The summed E-state index contributed by atoms with van der Waals surface area (Å²) in [6, 6.07) is 10.0. The molecule has 19 heavy (non-hydrogen) atoms. The van der Waals surface area contributed by atoms with Crippen molar-refractivity contribution in [2.75, 3.05) is 0 Å². The molecule has 1 aromatic heterocycles. The molecule has 0 bridgehead atoms. The molecular formula is C15H14N2O2. The second-order valence-electron chi connectivity index (χ2n) is 3.98. The van der Waals surface area contributed by atoms with E-state index in [1.807, 2.05) is 42.5 Å². The number of benzene rings is 1. The predicted octanol–water partition coefficient (Wildman–Crippen LogP) is 2.69. The third-order valence-electron chi connectivity index (χ3n) is 2.47. The zero-order valence-corrected chi connectivity index (χ0v) is 10.3. The molecule has 96 valence electrons. The first-order valence-corrected chi connectivity index (χ1v) is 5.89. The zero-order chi connectivity index (χ0) is 13.5. The van der Waals surface area contributed by atoms with Gasteiger partial charge in [-0.15, -0.1) is 0 Å². The molecule has 0 aliphatic rings. The summed E-state index contributed by atoms with van der Waals surface area (Å²) in [5.41, 5.74) is 1.91. The first-order chi connectivity index (χ1) is 9.24. The van der Waals surface area contributed by atoms with Gasteiger partial charge in [0.25, 0.3) is 0 Å². The Labute approximate surface area is 111 Å². The Bertz CT molecular complexity index is 598. The minimum absolute atomic E-state index is 0.649. The Morgan fingerprint density at radius 2 is 2.00 bits per heavy atom. The second kappa shape index (κ2) is 6.35. The number of aromatic nitrogens is 2. The lowest BCUT2D eigenvalue weighted by atomic mass is 10.2. The minimum atomic E-state index is -0.961. The van der Waals surface area contributed by atoms with Crippen LogP contribution >= 0.6 is 0 Å². The number of hydrogen-bond acceptors (Lipinski definition) is 2. The van der Waals surface area contributed by atoms with Crippen LogP contribution in [0.2, 0.25) is 0 Å². The summed E-state index contributed by atoms with van der Waals surface area (Å²) in [5, 5.41) is 12.7. The fourth-order valence-electron chi connectivity index (χ4n) is 1.59. The molecule has 1 N–H and O–H groups in total. The van der Waals surface area contributed by atoms with Gasteiger partial charge < -0.3 is 5.11 Å². The number of carbonyl (C=O) groups is 1. The highest BCUT2D eigenvalue weighted by Crippen LogP contribution is 2.03. The molecule has 2 rings (SSSR count). The van der Waals surface area contributed by atoms with Crippen LogP contribution in [-0.4, -0.2) is 20.9 Å². The molecule has 0 aliphatic heterocycles. The van der Waals surface area contributed by atoms with Gasteiger partial charge in [0.05, 0.1) is 12.7 Å². The lowest BCUT2D eigenvalue weighted by Crippen LogP contribution is -1.94. The van der Waals surface area contributed by atoms with Crippen molar-refractivity contribution >= 4 is 18.1 Å². The van der Waals surface area contributed by atoms with Gasteiger partial charge in [0.1, 0.15) is 0 Å². The van der Waals surface area contributed by atoms with E-state index < -0.39 is 5.97 Å². The average molecular weight is 254 g/mol. The molecule has 0 aliphatic carbocycles. The second-order valence-corrected chi connectivity index (χ2v) is 3.98. The lowest BCUT2D eigenvalue weighted by Gasteiger charge is -1.94. The smallest absolute Gasteiger partial charge is 0.328 e. The van der Waals surface area contributed by atoms with Crippen molar-refractivity contribution in [2.24, 2.45) is 0 Å². The molecule has 0 radical (unpaired) electrons. The molecule has 4 nitrogen and oxygen atoms in total. The van der Waals surface area contributed by atoms with Gasteiger partial charge in [-0.1, -0.05) is 42.5 Å². The molecule has 0 saturated carbocycles. The molecule has 0 spiro atoms. The zero-order valence-electron chi connectivity index (χ0n) is 10.3. The van der Waals surface area contributed by atoms with E-state index in [2.05, 4.69) is 5.10 Å². The van der Waals surface area contributed by atoms with Crippen molar-refractivity contribution in [2.45, 2.75) is 6.54 Å². The Hall–Kier alpha value is -2.62. The number of carboxylic acid groups (broad SMARTS) is 1. The predicted molar refractivity (Wildman–Crippen MR) is 74.4 cm³/mol. The van der Waals surface area contributed by atoms with E-state index in [-0.39, 0.29) is 0 Å². The number of allylic oxidation sites excluding steroid dienone is 1. The maximum absolute atomic E-state index is 10.4. The SMILES string of the molecule is O=C(O)C=Cc1cnn(CC=Cc2ccccc2)c1. The largest absolute Gasteiger partial charge is 0.478 e. The molecule has 4 heteroatoms. The maximum Gasteiger partial charge on any atom is 0.328 e. The van der Waals surface area contributed by atoms with Crippen LogP contribution in [0.4, 0.5) is 0 Å². The third-order valence-corrected chi connectivity index (χ3v) is 2.47. The fourth-order valence-corrected chi connectivity index (χ4v) is 1.59. The van der Waals surface area contributed by atoms with Crippen molar-refractivity contribution in [1.29, 1.82) is 0 Å². The van der Waals surface area contributed by atoms with E-state index in [0.717, 1.165) is 17.2 Å². The van der Waals surface area contributed by atoms with E-state index >= 15 is 0 Å². The van der Waals surface area contributed by atoms with Gasteiger partial charge in [0.15, 0.2) is 0 Å². The first kappa shape index (κ1) is 12.8. The van der Waals surface area contributed by atoms with Crippen molar-refractivity contribution < 1.29 is 9.90 Å². The van der Waals surface area contributed by atoms with E-state index in [1.165, 1.54) is 6.08 Å². The van der Waals surface area contributed by atoms with Crippen molar-refractivity contribution in [3.8, 4) is 0 Å². The van der Waals surface area contributed by atoms with Crippen LogP contribution < -0.4 is 0 Å². The van der Waals surface area contributed by atoms with Crippen LogP contribution in [0.1, 0.15) is 11.1 Å². The van der Waals surface area contributed by atoms with Gasteiger partial charge in [-0.05, 0) is 11.6 Å². The van der Waals surface area contributed by atoms with E-state index in [9.17, 15) is 4.79 Å². The highest BCUT2D eigenvalue weighted by Gasteiger charge is 1.94. The van der Waals surface area contributed by atoms with Crippen LogP contribution in [0, 0.1) is 0 Å². The summed E-state index contributed by atoms with van der Waals surface area (Å²) < 4.78 is 1.75. The topological polar surface area (TPSA) is 55.1 Å². The van der Waals surface area contributed by atoms with Gasteiger partial charge in [0.2, 0.25) is 0 Å². The molecule has 0 amide bonds. The van der Waals surface area contributed by atoms with Gasteiger partial charge in [0, 0.05) is 17.8 Å². The summed E-state index contributed by atoms with van der Waals surface area (Å²) >= 11 is 0. The van der Waals surface area contributed by atoms with Gasteiger partial charge >= 0.3 is 5.97 Å². The monoisotopic (exact) mass is 254 g/mol. The summed E-state index contributed by atoms with van der Waals surface area (Å²) in [4.78, 5) is 10.4. The number of hydrogen-bond donors (Lipinski definition) is 1. The number of rotatable bonds is 5. The summed E-state index contributed by atoms with van der Waals surface area (Å²) in [6.07, 6.45) is 10.1. The third kappa shape index (κ3) is 4.27. The van der Waals surface area contributed by atoms with Crippen molar-refractivity contribution in [3.63, 3.8) is 0 Å². The number of nitrogens with zero attached hydrogens (tertiary/aromatic N) is 2. The quantitative estimate of drug-likeness (QED) is 0.835. The molecule has 0 atom stereocenters. The highest BCUT2D eigenvalue weighted by molar-refractivity contribution is 5.85. The Kier molecular flexibility index (Phi) is 4.29. The Morgan fingerprint density at radius 3 is 2.74 bits per heavy atom. The van der Waals surface area contributed by atoms with Crippen LogP contribution in [0.15, 0.2) is 54.9 Å². The number of carboxylic acids is 1. The minimum Gasteiger partial charge on any atom is -0.478 e. The van der Waals surface area contributed by atoms with Gasteiger partial charge in [-0.2, -0.15) is 5.10 Å². The summed E-state index contributed by atoms with van der Waals surface area (Å²) in [6.45, 7) is 0.649. The first-order valence-electron chi connectivity index (χ1n) is 5.89. The molecule has 1 aromatic carbocycles. The number of aliphatic carboxylic acids is 1.